The lowest BCUT2D eigenvalue weighted by atomic mass is 9.99. The van der Waals surface area contributed by atoms with E-state index in [0.29, 0.717) is 23.6 Å². The molecular formula is C23H26NO5+. The van der Waals surface area contributed by atoms with Crippen LogP contribution < -0.4 is 9.22 Å². The summed E-state index contributed by atoms with van der Waals surface area (Å²) >= 11 is 0. The minimum atomic E-state index is -1.13. The number of hydrogen-bond donors (Lipinski definition) is 1. The number of amides is 1. The van der Waals surface area contributed by atoms with Crippen molar-refractivity contribution >= 4 is 23.8 Å². The van der Waals surface area contributed by atoms with Gasteiger partial charge in [0.2, 0.25) is 5.70 Å². The van der Waals surface area contributed by atoms with Crippen LogP contribution in [0.25, 0.3) is 6.08 Å². The van der Waals surface area contributed by atoms with Crippen molar-refractivity contribution in [1.82, 2.24) is 4.48 Å². The van der Waals surface area contributed by atoms with Crippen LogP contribution in [0.4, 0.5) is 10.5 Å². The fourth-order valence-corrected chi connectivity index (χ4v) is 3.77. The Labute approximate surface area is 170 Å². The molecule has 29 heavy (non-hydrogen) atoms. The highest BCUT2D eigenvalue weighted by molar-refractivity contribution is 6.08. The molecule has 0 spiro atoms. The number of quaternary nitrogens is 1. The third-order valence-corrected chi connectivity index (χ3v) is 5.04. The largest absolute Gasteiger partial charge is 0.524 e. The Morgan fingerprint density at radius 3 is 2.34 bits per heavy atom. The smallest absolute Gasteiger partial charge is 0.489 e. The standard InChI is InChI=1S/C23H25NO5/c1-5-28-21(25)20-14-17-13-18(29-15-16-9-7-6-8-10-16)11-12-19(17)24(20,22(26)27)23(2,3)4/h6-14H,5,15H2,1-4H3/p+1. The van der Waals surface area contributed by atoms with Crippen molar-refractivity contribution in [2.45, 2.75) is 39.8 Å². The van der Waals surface area contributed by atoms with Gasteiger partial charge < -0.3 is 14.6 Å². The number of carbonyl (C=O) groups is 2. The second-order valence-electron chi connectivity index (χ2n) is 7.87. The first-order chi connectivity index (χ1) is 13.7. The molecule has 152 valence electrons. The van der Waals surface area contributed by atoms with Gasteiger partial charge in [-0.15, -0.1) is 4.48 Å². The summed E-state index contributed by atoms with van der Waals surface area (Å²) in [6.07, 6.45) is 0.468. The molecular weight excluding hydrogens is 370 g/mol. The number of carbonyl (C=O) groups excluding carboxylic acids is 1. The Morgan fingerprint density at radius 2 is 1.76 bits per heavy atom. The van der Waals surface area contributed by atoms with Crippen LogP contribution in [-0.2, 0) is 16.1 Å². The topological polar surface area (TPSA) is 72.8 Å². The Kier molecular flexibility index (Phi) is 5.48. The molecule has 1 unspecified atom stereocenters. The van der Waals surface area contributed by atoms with E-state index in [-0.39, 0.29) is 12.3 Å². The number of rotatable bonds is 5. The molecule has 6 nitrogen and oxygen atoms in total. The maximum absolute atomic E-state index is 12.7. The fourth-order valence-electron chi connectivity index (χ4n) is 3.77. The molecule has 1 N–H and O–H groups in total. The lowest BCUT2D eigenvalue weighted by Crippen LogP contribution is -2.64. The first-order valence-electron chi connectivity index (χ1n) is 9.55. The predicted molar refractivity (Wildman–Crippen MR) is 111 cm³/mol. The van der Waals surface area contributed by atoms with Crippen LogP contribution in [0.3, 0.4) is 0 Å². The van der Waals surface area contributed by atoms with Crippen molar-refractivity contribution < 1.29 is 24.2 Å². The quantitative estimate of drug-likeness (QED) is 0.571. The van der Waals surface area contributed by atoms with Crippen LogP contribution in [0.5, 0.6) is 5.75 Å². The second kappa shape index (κ2) is 7.72. The highest BCUT2D eigenvalue weighted by Gasteiger charge is 2.60. The van der Waals surface area contributed by atoms with Crippen molar-refractivity contribution in [3.8, 4) is 5.75 Å². The van der Waals surface area contributed by atoms with Crippen molar-refractivity contribution in [2.24, 2.45) is 0 Å². The van der Waals surface area contributed by atoms with Crippen LogP contribution in [0.15, 0.2) is 54.2 Å². The minimum absolute atomic E-state index is 0.0852. The minimum Gasteiger partial charge on any atom is -0.489 e. The number of nitrogens with zero attached hydrogens (tertiary/aromatic N) is 1. The SMILES string of the molecule is CCOC(=O)C1=Cc2cc(OCc3ccccc3)ccc2[N+]1(C(=O)O)C(C)(C)C. The number of fused-ring (bicyclic) bond motifs is 1. The molecule has 2 aromatic carbocycles. The lowest BCUT2D eigenvalue weighted by molar-refractivity contribution is -0.140. The number of esters is 1. The van der Waals surface area contributed by atoms with Crippen LogP contribution in [0.1, 0.15) is 38.8 Å². The first-order valence-corrected chi connectivity index (χ1v) is 9.55. The lowest BCUT2D eigenvalue weighted by Gasteiger charge is -2.40. The van der Waals surface area contributed by atoms with Gasteiger partial charge >= 0.3 is 12.1 Å². The average molecular weight is 396 g/mol. The van der Waals surface area contributed by atoms with Crippen LogP contribution in [-0.4, -0.2) is 29.3 Å². The van der Waals surface area contributed by atoms with Gasteiger partial charge in [-0.05, 0) is 45.4 Å². The summed E-state index contributed by atoms with van der Waals surface area (Å²) in [5.41, 5.74) is 1.45. The van der Waals surface area contributed by atoms with Gasteiger partial charge in [0.05, 0.1) is 6.61 Å². The molecule has 1 amide bonds. The van der Waals surface area contributed by atoms with Gasteiger partial charge in [-0.2, -0.15) is 4.79 Å². The molecule has 0 saturated carbocycles. The number of ether oxygens (including phenoxy) is 2. The van der Waals surface area contributed by atoms with Gasteiger partial charge in [-0.1, -0.05) is 30.3 Å². The Hall–Kier alpha value is -3.12. The molecule has 1 aliphatic rings. The van der Waals surface area contributed by atoms with Crippen molar-refractivity contribution in [2.75, 3.05) is 6.61 Å². The summed E-state index contributed by atoms with van der Waals surface area (Å²) in [5.74, 6) is -0.0286. The van der Waals surface area contributed by atoms with E-state index in [0.717, 1.165) is 5.56 Å². The zero-order valence-electron chi connectivity index (χ0n) is 17.1. The fraction of sp³-hybridized carbons (Fsp3) is 0.304. The van der Waals surface area contributed by atoms with E-state index in [9.17, 15) is 14.7 Å². The molecule has 0 radical (unpaired) electrons. The Bertz CT molecular complexity index is 959. The van der Waals surface area contributed by atoms with Crippen molar-refractivity contribution in [3.05, 3.63) is 65.4 Å². The Morgan fingerprint density at radius 1 is 1.07 bits per heavy atom. The molecule has 0 fully saturated rings. The molecule has 0 bridgehead atoms. The molecule has 3 rings (SSSR count). The van der Waals surface area contributed by atoms with E-state index in [2.05, 4.69) is 0 Å². The first kappa shape index (κ1) is 20.6. The maximum atomic E-state index is 12.7. The molecule has 6 heteroatoms. The predicted octanol–water partition coefficient (Wildman–Crippen LogP) is 4.97. The number of carboxylic acid groups (broad SMARTS) is 1. The van der Waals surface area contributed by atoms with Gasteiger partial charge in [-0.25, -0.2) is 4.79 Å². The van der Waals surface area contributed by atoms with Gasteiger partial charge in [0, 0.05) is 17.7 Å². The summed E-state index contributed by atoms with van der Waals surface area (Å²) in [7, 11) is 0. The summed E-state index contributed by atoms with van der Waals surface area (Å²) in [5, 5.41) is 10.2. The van der Waals surface area contributed by atoms with Crippen molar-refractivity contribution in [1.29, 1.82) is 0 Å². The van der Waals surface area contributed by atoms with Gasteiger partial charge in [0.15, 0.2) is 5.69 Å². The van der Waals surface area contributed by atoms with E-state index in [1.165, 1.54) is 0 Å². The molecule has 0 aliphatic carbocycles. The van der Waals surface area contributed by atoms with E-state index in [1.807, 2.05) is 30.3 Å². The van der Waals surface area contributed by atoms with Gasteiger partial charge in [-0.3, -0.25) is 0 Å². The highest BCUT2D eigenvalue weighted by atomic mass is 16.5. The third-order valence-electron chi connectivity index (χ3n) is 5.04. The average Bonchev–Trinajstić information content (AvgIpc) is 3.03. The zero-order chi connectivity index (χ0) is 21.2. The van der Waals surface area contributed by atoms with Gasteiger partial charge in [0.25, 0.3) is 0 Å². The van der Waals surface area contributed by atoms with Gasteiger partial charge in [0.1, 0.15) is 17.9 Å². The summed E-state index contributed by atoms with van der Waals surface area (Å²) in [6.45, 7) is 7.64. The Balaban J connectivity index is 2.04. The molecule has 2 aromatic rings. The van der Waals surface area contributed by atoms with Crippen LogP contribution >= 0.6 is 0 Å². The van der Waals surface area contributed by atoms with E-state index in [1.54, 1.807) is 52.0 Å². The van der Waals surface area contributed by atoms with Crippen LogP contribution in [0, 0.1) is 0 Å². The van der Waals surface area contributed by atoms with E-state index in [4.69, 9.17) is 9.47 Å². The van der Waals surface area contributed by atoms with Crippen molar-refractivity contribution in [3.63, 3.8) is 0 Å². The number of hydrogen-bond acceptors (Lipinski definition) is 4. The van der Waals surface area contributed by atoms with E-state index < -0.39 is 22.1 Å². The third kappa shape index (κ3) is 3.51. The maximum Gasteiger partial charge on any atom is 0.524 e. The summed E-state index contributed by atoms with van der Waals surface area (Å²) in [4.78, 5) is 25.2. The van der Waals surface area contributed by atoms with E-state index >= 15 is 0 Å². The molecule has 1 atom stereocenters. The van der Waals surface area contributed by atoms with Crippen LogP contribution in [0.2, 0.25) is 0 Å². The second-order valence-corrected chi connectivity index (χ2v) is 7.87. The number of benzene rings is 2. The molecule has 1 heterocycles. The summed E-state index contributed by atoms with van der Waals surface area (Å²) in [6, 6.07) is 15.0. The molecule has 0 aromatic heterocycles. The monoisotopic (exact) mass is 396 g/mol. The zero-order valence-corrected chi connectivity index (χ0v) is 17.1. The highest BCUT2D eigenvalue weighted by Crippen LogP contribution is 2.48. The normalized spacial score (nSPS) is 18.0. The molecule has 1 aliphatic heterocycles. The molecule has 0 saturated heterocycles. The summed E-state index contributed by atoms with van der Waals surface area (Å²) < 4.78 is 10.4.